The Morgan fingerprint density at radius 1 is 1.37 bits per heavy atom. The summed E-state index contributed by atoms with van der Waals surface area (Å²) in [6.45, 7) is 12.4. The molecule has 3 rings (SSSR count). The molecule has 0 spiro atoms. The number of hydrogen-bond donors (Lipinski definition) is 2. The summed E-state index contributed by atoms with van der Waals surface area (Å²) < 4.78 is 5.94. The lowest BCUT2D eigenvalue weighted by Crippen LogP contribution is -2.63. The van der Waals surface area contributed by atoms with Crippen molar-refractivity contribution < 1.29 is 19.4 Å². The minimum atomic E-state index is -0.626. The number of thiol groups is 1. The molecule has 3 fully saturated rings. The number of aliphatic hydroxyl groups excluding tert-OH is 1. The lowest BCUT2D eigenvalue weighted by atomic mass is 9.44. The first-order valence-corrected chi connectivity index (χ1v) is 10.8. The van der Waals surface area contributed by atoms with Gasteiger partial charge in [0.05, 0.1) is 11.9 Å². The smallest absolute Gasteiger partial charge is 0.315 e. The molecule has 27 heavy (non-hydrogen) atoms. The summed E-state index contributed by atoms with van der Waals surface area (Å²) in [5.41, 5.74) is -1.25. The summed E-state index contributed by atoms with van der Waals surface area (Å²) in [6.07, 6.45) is 4.52. The van der Waals surface area contributed by atoms with Crippen LogP contribution in [-0.4, -0.2) is 34.8 Å². The minimum Gasteiger partial charge on any atom is -0.461 e. The van der Waals surface area contributed by atoms with E-state index in [4.69, 9.17) is 4.74 Å². The molecular weight excluding hydrogens is 360 g/mol. The maximum absolute atomic E-state index is 13.2. The van der Waals surface area contributed by atoms with Crippen LogP contribution < -0.4 is 0 Å². The second kappa shape index (κ2) is 6.91. The van der Waals surface area contributed by atoms with Gasteiger partial charge in [0, 0.05) is 23.2 Å². The molecule has 0 radical (unpaired) electrons. The van der Waals surface area contributed by atoms with Gasteiger partial charge < -0.3 is 9.84 Å². The number of esters is 1. The van der Waals surface area contributed by atoms with Crippen LogP contribution in [-0.2, 0) is 14.3 Å². The van der Waals surface area contributed by atoms with Gasteiger partial charge in [-0.25, -0.2) is 0 Å². The van der Waals surface area contributed by atoms with E-state index in [1.165, 1.54) is 0 Å². The molecule has 0 aliphatic heterocycles. The number of carbonyl (C=O) groups excluding carboxylic acids is 2. The van der Waals surface area contributed by atoms with Gasteiger partial charge in [-0.15, -0.1) is 6.58 Å². The van der Waals surface area contributed by atoms with Gasteiger partial charge in [-0.2, -0.15) is 12.6 Å². The number of ketones is 1. The maximum Gasteiger partial charge on any atom is 0.315 e. The summed E-state index contributed by atoms with van der Waals surface area (Å²) >= 11 is 4.08. The van der Waals surface area contributed by atoms with Gasteiger partial charge in [0.1, 0.15) is 11.9 Å². The predicted octanol–water partition coefficient (Wildman–Crippen LogP) is 3.82. The van der Waals surface area contributed by atoms with E-state index in [0.29, 0.717) is 12.8 Å². The largest absolute Gasteiger partial charge is 0.461 e. The number of ether oxygens (including phenoxy) is 1. The first kappa shape index (κ1) is 20.9. The summed E-state index contributed by atoms with van der Waals surface area (Å²) in [5.74, 6) is -0.0121. The molecule has 1 N–H and O–H groups in total. The van der Waals surface area contributed by atoms with Gasteiger partial charge in [-0.1, -0.05) is 33.8 Å². The molecule has 3 aliphatic carbocycles. The average Bonchev–Trinajstić information content (AvgIpc) is 3.00. The maximum atomic E-state index is 13.2. The molecule has 0 aromatic rings. The molecule has 2 bridgehead atoms. The van der Waals surface area contributed by atoms with Crippen molar-refractivity contribution >= 4 is 24.4 Å². The van der Waals surface area contributed by atoms with Crippen molar-refractivity contribution in [2.75, 3.05) is 5.75 Å². The highest BCUT2D eigenvalue weighted by Crippen LogP contribution is 2.67. The molecule has 0 saturated heterocycles. The van der Waals surface area contributed by atoms with Crippen LogP contribution in [0.4, 0.5) is 0 Å². The van der Waals surface area contributed by atoms with Gasteiger partial charge in [0.25, 0.3) is 0 Å². The predicted molar refractivity (Wildman–Crippen MR) is 108 cm³/mol. The van der Waals surface area contributed by atoms with Crippen molar-refractivity contribution in [3.05, 3.63) is 12.7 Å². The third-order valence-corrected chi connectivity index (χ3v) is 8.96. The van der Waals surface area contributed by atoms with Crippen molar-refractivity contribution in [2.45, 2.75) is 72.0 Å². The number of carbonyl (C=O) groups is 2. The first-order chi connectivity index (χ1) is 12.6. The molecule has 3 aliphatic rings. The van der Waals surface area contributed by atoms with Gasteiger partial charge in [-0.05, 0) is 42.9 Å². The fraction of sp³-hybridized carbons (Fsp3) is 0.818. The van der Waals surface area contributed by atoms with Crippen molar-refractivity contribution in [2.24, 2.45) is 34.0 Å². The number of hydrogen-bond acceptors (Lipinski definition) is 5. The van der Waals surface area contributed by atoms with Crippen molar-refractivity contribution in [1.29, 1.82) is 0 Å². The third kappa shape index (κ3) is 2.83. The minimum absolute atomic E-state index is 0.00841. The number of aliphatic hydroxyl groups is 1. The monoisotopic (exact) mass is 394 g/mol. The SMILES string of the molecule is C=C[C@]1(C)C[C@@H](OC(=O)CS)[C@]2(C)C(C)CC[C@]3(CCC(=O)C32)[C@@H](C)[C@@H]1O. The van der Waals surface area contributed by atoms with E-state index in [1.54, 1.807) is 0 Å². The highest BCUT2D eigenvalue weighted by molar-refractivity contribution is 7.81. The highest BCUT2D eigenvalue weighted by atomic mass is 32.1. The van der Waals surface area contributed by atoms with E-state index in [2.05, 4.69) is 40.0 Å². The normalized spacial score (nSPS) is 49.7. The molecule has 0 amide bonds. The molecule has 152 valence electrons. The van der Waals surface area contributed by atoms with Gasteiger partial charge >= 0.3 is 5.97 Å². The zero-order chi connectivity index (χ0) is 20.2. The standard InChI is InChI=1S/C22H34O4S/c1-6-20(4)11-16(26-17(24)12-27)21(5)13(2)7-9-22(14(3)19(20)25)10-8-15(23)18(21)22/h6,13-14,16,18-19,25,27H,1,7-12H2,2-5H3/t13?,14-,16+,18?,19-,20+,21-,22-/m0/s1. The Balaban J connectivity index is 2.21. The Morgan fingerprint density at radius 3 is 2.63 bits per heavy atom. The fourth-order valence-electron chi connectivity index (χ4n) is 6.70. The molecule has 0 heterocycles. The van der Waals surface area contributed by atoms with Crippen molar-refractivity contribution in [1.82, 2.24) is 0 Å². The molecule has 4 nitrogen and oxygen atoms in total. The summed E-state index contributed by atoms with van der Waals surface area (Å²) in [6, 6.07) is 0. The Bertz CT molecular complexity index is 648. The van der Waals surface area contributed by atoms with Crippen LogP contribution in [0.5, 0.6) is 0 Å². The second-order valence-electron chi connectivity index (χ2n) is 9.72. The quantitative estimate of drug-likeness (QED) is 0.434. The molecule has 2 unspecified atom stereocenters. The topological polar surface area (TPSA) is 63.6 Å². The van der Waals surface area contributed by atoms with Gasteiger partial charge in [0.2, 0.25) is 0 Å². The molecule has 8 atom stereocenters. The fourth-order valence-corrected chi connectivity index (χ4v) is 6.77. The Kier molecular flexibility index (Phi) is 5.35. The summed E-state index contributed by atoms with van der Waals surface area (Å²) in [5, 5.41) is 11.4. The van der Waals surface area contributed by atoms with Gasteiger partial charge in [0.15, 0.2) is 0 Å². The summed E-state index contributed by atoms with van der Waals surface area (Å²) in [7, 11) is 0. The average molecular weight is 395 g/mol. The van der Waals surface area contributed by atoms with Gasteiger partial charge in [-0.3, -0.25) is 9.59 Å². The van der Waals surface area contributed by atoms with E-state index >= 15 is 0 Å². The highest BCUT2D eigenvalue weighted by Gasteiger charge is 2.68. The van der Waals surface area contributed by atoms with E-state index < -0.39 is 23.0 Å². The zero-order valence-electron chi connectivity index (χ0n) is 17.0. The lowest BCUT2D eigenvalue weighted by Gasteiger charge is -2.61. The van der Waals surface area contributed by atoms with Crippen LogP contribution in [0, 0.1) is 34.0 Å². The van der Waals surface area contributed by atoms with Crippen LogP contribution >= 0.6 is 12.6 Å². The second-order valence-corrected chi connectivity index (χ2v) is 10.0. The number of rotatable bonds is 3. The summed E-state index contributed by atoms with van der Waals surface area (Å²) in [4.78, 5) is 25.4. The zero-order valence-corrected chi connectivity index (χ0v) is 17.9. The number of Topliss-reactive ketones (excluding diaryl/α,β-unsaturated/α-hetero) is 1. The molecule has 5 heteroatoms. The van der Waals surface area contributed by atoms with E-state index in [1.807, 2.05) is 13.0 Å². The van der Waals surface area contributed by atoms with Crippen LogP contribution in [0.25, 0.3) is 0 Å². The Morgan fingerprint density at radius 2 is 2.04 bits per heavy atom. The first-order valence-electron chi connectivity index (χ1n) is 10.2. The van der Waals surface area contributed by atoms with Crippen LogP contribution in [0.2, 0.25) is 0 Å². The van der Waals surface area contributed by atoms with Crippen molar-refractivity contribution in [3.63, 3.8) is 0 Å². The Labute approximate surface area is 168 Å². The van der Waals surface area contributed by atoms with Crippen LogP contribution in [0.1, 0.15) is 59.8 Å². The third-order valence-electron chi connectivity index (χ3n) is 8.70. The van der Waals surface area contributed by atoms with E-state index in [9.17, 15) is 14.7 Å². The Hall–Kier alpha value is -0.810. The molecule has 0 aromatic carbocycles. The van der Waals surface area contributed by atoms with E-state index in [-0.39, 0.29) is 40.7 Å². The molecular formula is C22H34O4S. The van der Waals surface area contributed by atoms with Crippen molar-refractivity contribution in [3.8, 4) is 0 Å². The molecule has 3 saturated carbocycles. The van der Waals surface area contributed by atoms with Crippen LogP contribution in [0.3, 0.4) is 0 Å². The van der Waals surface area contributed by atoms with Crippen LogP contribution in [0.15, 0.2) is 12.7 Å². The van der Waals surface area contributed by atoms with E-state index in [0.717, 1.165) is 19.3 Å². The lowest BCUT2D eigenvalue weighted by molar-refractivity contribution is -0.205. The molecule has 0 aromatic heterocycles.